The monoisotopic (exact) mass is 271 g/mol. The molecule has 0 saturated carbocycles. The summed E-state index contributed by atoms with van der Waals surface area (Å²) in [6, 6.07) is 9.98. The third-order valence-electron chi connectivity index (χ3n) is 2.49. The average Bonchev–Trinajstić information content (AvgIpc) is 2.98. The molecule has 0 fully saturated rings. The van der Waals surface area contributed by atoms with E-state index in [4.69, 9.17) is 4.42 Å². The highest BCUT2D eigenvalue weighted by atomic mass is 16.5. The molecule has 1 N–H and O–H groups in total. The van der Waals surface area contributed by atoms with Crippen molar-refractivity contribution in [3.05, 3.63) is 60.1 Å². The number of furan rings is 1. The van der Waals surface area contributed by atoms with Crippen LogP contribution in [0.15, 0.2) is 53.2 Å². The third kappa shape index (κ3) is 3.58. The van der Waals surface area contributed by atoms with Crippen LogP contribution in [0.1, 0.15) is 16.1 Å². The molecule has 1 heterocycles. The quantitative estimate of drug-likeness (QED) is 0.685. The van der Waals surface area contributed by atoms with Gasteiger partial charge in [0.25, 0.3) is 0 Å². The number of methoxy groups -OCH3 is 1. The van der Waals surface area contributed by atoms with E-state index in [0.717, 1.165) is 0 Å². The summed E-state index contributed by atoms with van der Waals surface area (Å²) < 4.78 is 9.69. The lowest BCUT2D eigenvalue weighted by atomic mass is 10.2. The predicted octanol–water partition coefficient (Wildman–Crippen LogP) is 2.72. The first-order chi connectivity index (χ1) is 9.69. The molecule has 1 aromatic carbocycles. The molecule has 0 spiro atoms. The molecule has 0 unspecified atom stereocenters. The highest BCUT2D eigenvalue weighted by molar-refractivity contribution is 6.02. The fourth-order valence-electron chi connectivity index (χ4n) is 1.57. The van der Waals surface area contributed by atoms with Crippen LogP contribution in [0.3, 0.4) is 0 Å². The summed E-state index contributed by atoms with van der Waals surface area (Å²) in [5, 5.41) is 2.65. The smallest absolute Gasteiger partial charge is 0.337 e. The summed E-state index contributed by atoms with van der Waals surface area (Å²) in [7, 11) is 1.31. The van der Waals surface area contributed by atoms with Gasteiger partial charge in [-0.15, -0.1) is 0 Å². The van der Waals surface area contributed by atoms with Crippen molar-refractivity contribution in [1.29, 1.82) is 0 Å². The van der Waals surface area contributed by atoms with E-state index in [1.165, 1.54) is 19.4 Å². The summed E-state index contributed by atoms with van der Waals surface area (Å²) in [5.41, 5.74) is 0.891. The van der Waals surface area contributed by atoms with Crippen LogP contribution >= 0.6 is 0 Å². The summed E-state index contributed by atoms with van der Waals surface area (Å²) in [6.45, 7) is 0. The molecule has 5 nitrogen and oxygen atoms in total. The van der Waals surface area contributed by atoms with Gasteiger partial charge in [-0.2, -0.15) is 0 Å². The Morgan fingerprint density at radius 2 is 2.10 bits per heavy atom. The van der Waals surface area contributed by atoms with E-state index in [1.807, 2.05) is 0 Å². The van der Waals surface area contributed by atoms with Crippen molar-refractivity contribution < 1.29 is 18.7 Å². The molecule has 0 aliphatic rings. The Morgan fingerprint density at radius 3 is 2.80 bits per heavy atom. The number of carbonyl (C=O) groups excluding carboxylic acids is 2. The molecule has 0 atom stereocenters. The Kier molecular flexibility index (Phi) is 4.34. The van der Waals surface area contributed by atoms with Gasteiger partial charge in [0.15, 0.2) is 0 Å². The van der Waals surface area contributed by atoms with Crippen LogP contribution in [0, 0.1) is 0 Å². The van der Waals surface area contributed by atoms with Gasteiger partial charge in [0, 0.05) is 11.8 Å². The maximum atomic E-state index is 11.7. The van der Waals surface area contributed by atoms with Gasteiger partial charge >= 0.3 is 5.97 Å². The molecular formula is C15H13NO4. The number of ether oxygens (including phenoxy) is 1. The summed E-state index contributed by atoms with van der Waals surface area (Å²) in [4.78, 5) is 23.1. The van der Waals surface area contributed by atoms with Gasteiger partial charge in [0.1, 0.15) is 5.76 Å². The Bertz CT molecular complexity index is 629. The zero-order valence-electron chi connectivity index (χ0n) is 10.8. The Balaban J connectivity index is 2.02. The molecule has 1 amide bonds. The maximum Gasteiger partial charge on any atom is 0.337 e. The third-order valence-corrected chi connectivity index (χ3v) is 2.49. The Morgan fingerprint density at radius 1 is 1.25 bits per heavy atom. The minimum Gasteiger partial charge on any atom is -0.465 e. The first-order valence-corrected chi connectivity index (χ1v) is 5.90. The average molecular weight is 271 g/mol. The van der Waals surface area contributed by atoms with Crippen LogP contribution in [-0.2, 0) is 9.53 Å². The number of rotatable bonds is 4. The second kappa shape index (κ2) is 6.38. The molecule has 0 aliphatic carbocycles. The van der Waals surface area contributed by atoms with Gasteiger partial charge in [-0.3, -0.25) is 4.79 Å². The minimum atomic E-state index is -0.452. The van der Waals surface area contributed by atoms with Crippen LogP contribution in [0.5, 0.6) is 0 Å². The second-order valence-electron chi connectivity index (χ2n) is 3.91. The topological polar surface area (TPSA) is 68.5 Å². The molecule has 1 aromatic heterocycles. The van der Waals surface area contributed by atoms with Crippen molar-refractivity contribution in [1.82, 2.24) is 0 Å². The predicted molar refractivity (Wildman–Crippen MR) is 74.2 cm³/mol. The van der Waals surface area contributed by atoms with Gasteiger partial charge in [-0.05, 0) is 36.4 Å². The molecule has 5 heteroatoms. The standard InChI is InChI=1S/C15H13NO4/c1-19-15(18)11-4-2-5-12(10-11)16-14(17)8-7-13-6-3-9-20-13/h2-10H,1H3,(H,16,17). The van der Waals surface area contributed by atoms with E-state index < -0.39 is 5.97 Å². The zero-order valence-corrected chi connectivity index (χ0v) is 10.8. The Hall–Kier alpha value is -2.82. The summed E-state index contributed by atoms with van der Waals surface area (Å²) >= 11 is 0. The van der Waals surface area contributed by atoms with Crippen molar-refractivity contribution >= 4 is 23.6 Å². The van der Waals surface area contributed by atoms with E-state index >= 15 is 0 Å². The fourth-order valence-corrected chi connectivity index (χ4v) is 1.57. The first-order valence-electron chi connectivity index (χ1n) is 5.90. The molecule has 2 rings (SSSR count). The van der Waals surface area contributed by atoms with Crippen LogP contribution in [0.4, 0.5) is 5.69 Å². The largest absolute Gasteiger partial charge is 0.465 e. The molecule has 0 bridgehead atoms. The first kappa shape index (κ1) is 13.6. The van der Waals surface area contributed by atoms with Crippen LogP contribution in [-0.4, -0.2) is 19.0 Å². The normalized spacial score (nSPS) is 10.4. The van der Waals surface area contributed by atoms with Gasteiger partial charge < -0.3 is 14.5 Å². The molecule has 2 aromatic rings. The highest BCUT2D eigenvalue weighted by Crippen LogP contribution is 2.12. The molecule has 0 saturated heterocycles. The van der Waals surface area contributed by atoms with Crippen molar-refractivity contribution in [2.24, 2.45) is 0 Å². The second-order valence-corrected chi connectivity index (χ2v) is 3.91. The van der Waals surface area contributed by atoms with Gasteiger partial charge in [-0.1, -0.05) is 6.07 Å². The van der Waals surface area contributed by atoms with Crippen molar-refractivity contribution in [3.63, 3.8) is 0 Å². The minimum absolute atomic E-state index is 0.316. The molecular weight excluding hydrogens is 258 g/mol. The lowest BCUT2D eigenvalue weighted by Gasteiger charge is -2.04. The van der Waals surface area contributed by atoms with Crippen molar-refractivity contribution in [3.8, 4) is 0 Å². The maximum absolute atomic E-state index is 11.7. The van der Waals surface area contributed by atoms with Crippen LogP contribution < -0.4 is 5.32 Å². The lowest BCUT2D eigenvalue weighted by molar-refractivity contribution is -0.111. The summed E-state index contributed by atoms with van der Waals surface area (Å²) in [6.07, 6.45) is 4.43. The van der Waals surface area contributed by atoms with E-state index in [0.29, 0.717) is 17.0 Å². The molecule has 0 radical (unpaired) electrons. The number of esters is 1. The number of hydrogen-bond acceptors (Lipinski definition) is 4. The van der Waals surface area contributed by atoms with Crippen LogP contribution in [0.2, 0.25) is 0 Å². The number of carbonyl (C=O) groups is 2. The van der Waals surface area contributed by atoms with Crippen molar-refractivity contribution in [2.75, 3.05) is 12.4 Å². The van der Waals surface area contributed by atoms with Crippen molar-refractivity contribution in [2.45, 2.75) is 0 Å². The molecule has 20 heavy (non-hydrogen) atoms. The number of amides is 1. The number of hydrogen-bond donors (Lipinski definition) is 1. The van der Waals surface area contributed by atoms with Crippen LogP contribution in [0.25, 0.3) is 6.08 Å². The molecule has 0 aliphatic heterocycles. The van der Waals surface area contributed by atoms with Gasteiger partial charge in [0.2, 0.25) is 5.91 Å². The fraction of sp³-hybridized carbons (Fsp3) is 0.0667. The summed E-state index contributed by atoms with van der Waals surface area (Å²) in [5.74, 6) is -0.181. The number of nitrogens with one attached hydrogen (secondary N) is 1. The zero-order chi connectivity index (χ0) is 14.4. The van der Waals surface area contributed by atoms with E-state index in [-0.39, 0.29) is 5.91 Å². The Labute approximate surface area is 115 Å². The highest BCUT2D eigenvalue weighted by Gasteiger charge is 2.06. The van der Waals surface area contributed by atoms with E-state index in [9.17, 15) is 9.59 Å². The van der Waals surface area contributed by atoms with E-state index in [2.05, 4.69) is 10.1 Å². The number of anilines is 1. The number of benzene rings is 1. The molecule has 102 valence electrons. The SMILES string of the molecule is COC(=O)c1cccc(NC(=O)C=Cc2ccco2)c1. The van der Waals surface area contributed by atoms with Gasteiger partial charge in [-0.25, -0.2) is 4.79 Å². The lowest BCUT2D eigenvalue weighted by Crippen LogP contribution is -2.09. The van der Waals surface area contributed by atoms with Gasteiger partial charge in [0.05, 0.1) is 18.9 Å². The van der Waals surface area contributed by atoms with E-state index in [1.54, 1.807) is 42.5 Å².